The first kappa shape index (κ1) is 12.9. The first-order chi connectivity index (χ1) is 8.81. The van der Waals surface area contributed by atoms with Gasteiger partial charge in [-0.25, -0.2) is 0 Å². The van der Waals surface area contributed by atoms with Gasteiger partial charge in [0.05, 0.1) is 0 Å². The predicted octanol–water partition coefficient (Wildman–Crippen LogP) is 2.89. The van der Waals surface area contributed by atoms with Gasteiger partial charge in [0, 0.05) is 19.1 Å². The van der Waals surface area contributed by atoms with Crippen LogP contribution in [-0.2, 0) is 0 Å². The number of hydrogen-bond donors (Lipinski definition) is 1. The monoisotopic (exact) mass is 250 g/mol. The Bertz CT molecular complexity index is 262. The first-order valence-corrected chi connectivity index (χ1v) is 8.27. The van der Waals surface area contributed by atoms with Gasteiger partial charge in [-0.2, -0.15) is 0 Å². The van der Waals surface area contributed by atoms with Gasteiger partial charge >= 0.3 is 0 Å². The van der Waals surface area contributed by atoms with Crippen LogP contribution in [0.15, 0.2) is 0 Å². The fourth-order valence-corrected chi connectivity index (χ4v) is 4.09. The third-order valence-electron chi connectivity index (χ3n) is 5.26. The van der Waals surface area contributed by atoms with Crippen LogP contribution >= 0.6 is 0 Å². The van der Waals surface area contributed by atoms with E-state index in [4.69, 9.17) is 0 Å². The minimum atomic E-state index is 0.813. The van der Waals surface area contributed by atoms with E-state index in [1.807, 2.05) is 0 Å². The molecule has 0 aromatic heterocycles. The summed E-state index contributed by atoms with van der Waals surface area (Å²) in [6, 6.07) is 0.813. The van der Waals surface area contributed by atoms with Crippen molar-refractivity contribution in [1.29, 1.82) is 0 Å². The Hall–Kier alpha value is -0.0800. The molecule has 0 bridgehead atoms. The van der Waals surface area contributed by atoms with Gasteiger partial charge in [-0.05, 0) is 62.9 Å². The van der Waals surface area contributed by atoms with E-state index in [0.29, 0.717) is 0 Å². The molecule has 3 unspecified atom stereocenters. The van der Waals surface area contributed by atoms with Gasteiger partial charge in [0.1, 0.15) is 0 Å². The molecule has 3 atom stereocenters. The summed E-state index contributed by atoms with van der Waals surface area (Å²) in [6.07, 6.45) is 10.2. The van der Waals surface area contributed by atoms with Crippen molar-refractivity contribution in [3.05, 3.63) is 0 Å². The highest BCUT2D eigenvalue weighted by molar-refractivity contribution is 4.90. The molecule has 2 saturated carbocycles. The fraction of sp³-hybridized carbons (Fsp3) is 1.00. The van der Waals surface area contributed by atoms with Crippen molar-refractivity contribution in [2.75, 3.05) is 26.2 Å². The molecule has 18 heavy (non-hydrogen) atoms. The van der Waals surface area contributed by atoms with Crippen molar-refractivity contribution >= 4 is 0 Å². The largest absolute Gasteiger partial charge is 0.312 e. The van der Waals surface area contributed by atoms with Gasteiger partial charge in [-0.15, -0.1) is 0 Å². The molecule has 1 saturated heterocycles. The molecule has 1 N–H and O–H groups in total. The standard InChI is InChI=1S/C16H30N2/c1-13-4-2-5-14(10-13)11-18-9-3-8-17-16(12-18)15-6-7-15/h13-17H,2-12H2,1H3. The molecule has 2 nitrogen and oxygen atoms in total. The third-order valence-corrected chi connectivity index (χ3v) is 5.26. The zero-order valence-corrected chi connectivity index (χ0v) is 12.0. The van der Waals surface area contributed by atoms with Crippen LogP contribution in [-0.4, -0.2) is 37.1 Å². The minimum absolute atomic E-state index is 0.813. The summed E-state index contributed by atoms with van der Waals surface area (Å²) < 4.78 is 0. The van der Waals surface area contributed by atoms with Gasteiger partial charge in [-0.1, -0.05) is 19.8 Å². The minimum Gasteiger partial charge on any atom is -0.312 e. The molecule has 3 aliphatic rings. The second kappa shape index (κ2) is 5.92. The second-order valence-corrected chi connectivity index (χ2v) is 7.15. The van der Waals surface area contributed by atoms with Crippen LogP contribution in [0.25, 0.3) is 0 Å². The van der Waals surface area contributed by atoms with Crippen LogP contribution in [0.2, 0.25) is 0 Å². The van der Waals surface area contributed by atoms with Gasteiger partial charge < -0.3 is 10.2 Å². The molecule has 0 amide bonds. The summed E-state index contributed by atoms with van der Waals surface area (Å²) in [4.78, 5) is 2.78. The number of nitrogens with one attached hydrogen (secondary N) is 1. The predicted molar refractivity (Wildman–Crippen MR) is 76.7 cm³/mol. The van der Waals surface area contributed by atoms with Crippen molar-refractivity contribution in [1.82, 2.24) is 10.2 Å². The highest BCUT2D eigenvalue weighted by Gasteiger charge is 2.33. The zero-order chi connectivity index (χ0) is 12.4. The quantitative estimate of drug-likeness (QED) is 0.828. The summed E-state index contributed by atoms with van der Waals surface area (Å²) in [5, 5.41) is 3.78. The van der Waals surface area contributed by atoms with Crippen LogP contribution in [0.1, 0.15) is 51.9 Å². The Morgan fingerprint density at radius 3 is 2.78 bits per heavy atom. The Morgan fingerprint density at radius 1 is 1.11 bits per heavy atom. The summed E-state index contributed by atoms with van der Waals surface area (Å²) in [7, 11) is 0. The first-order valence-electron chi connectivity index (χ1n) is 8.27. The smallest absolute Gasteiger partial charge is 0.0223 e. The SMILES string of the molecule is CC1CCCC(CN2CCCNC(C3CC3)C2)C1. The molecule has 0 aromatic rings. The molecular weight excluding hydrogens is 220 g/mol. The van der Waals surface area contributed by atoms with Gasteiger partial charge in [-0.3, -0.25) is 0 Å². The number of hydrogen-bond acceptors (Lipinski definition) is 2. The molecule has 1 aliphatic heterocycles. The van der Waals surface area contributed by atoms with Crippen molar-refractivity contribution in [2.45, 2.75) is 57.9 Å². The lowest BCUT2D eigenvalue weighted by Crippen LogP contribution is -2.41. The third kappa shape index (κ3) is 3.48. The van der Waals surface area contributed by atoms with Gasteiger partial charge in [0.25, 0.3) is 0 Å². The summed E-state index contributed by atoms with van der Waals surface area (Å²) >= 11 is 0. The normalized spacial score (nSPS) is 39.5. The molecule has 0 aromatic carbocycles. The van der Waals surface area contributed by atoms with E-state index in [9.17, 15) is 0 Å². The van der Waals surface area contributed by atoms with Crippen LogP contribution in [0.5, 0.6) is 0 Å². The van der Waals surface area contributed by atoms with Gasteiger partial charge in [0.2, 0.25) is 0 Å². The Labute approximate surface area is 113 Å². The van der Waals surface area contributed by atoms with Crippen molar-refractivity contribution in [3.63, 3.8) is 0 Å². The van der Waals surface area contributed by atoms with Gasteiger partial charge in [0.15, 0.2) is 0 Å². The van der Waals surface area contributed by atoms with Crippen molar-refractivity contribution in [2.24, 2.45) is 17.8 Å². The Morgan fingerprint density at radius 2 is 2.00 bits per heavy atom. The van der Waals surface area contributed by atoms with E-state index >= 15 is 0 Å². The number of rotatable bonds is 3. The second-order valence-electron chi connectivity index (χ2n) is 7.15. The van der Waals surface area contributed by atoms with E-state index < -0.39 is 0 Å². The van der Waals surface area contributed by atoms with Crippen molar-refractivity contribution in [3.8, 4) is 0 Å². The lowest BCUT2D eigenvalue weighted by Gasteiger charge is -2.32. The average Bonchev–Trinajstić information content (AvgIpc) is 3.15. The average molecular weight is 250 g/mol. The van der Waals surface area contributed by atoms with Crippen LogP contribution < -0.4 is 5.32 Å². The molecule has 0 spiro atoms. The molecule has 3 rings (SSSR count). The van der Waals surface area contributed by atoms with Crippen LogP contribution in [0.3, 0.4) is 0 Å². The number of nitrogens with zero attached hydrogens (tertiary/aromatic N) is 1. The van der Waals surface area contributed by atoms with E-state index in [0.717, 1.165) is 23.8 Å². The molecule has 0 radical (unpaired) electrons. The van der Waals surface area contributed by atoms with E-state index in [1.54, 1.807) is 0 Å². The maximum Gasteiger partial charge on any atom is 0.0223 e. The van der Waals surface area contributed by atoms with Crippen LogP contribution in [0.4, 0.5) is 0 Å². The summed E-state index contributed by atoms with van der Waals surface area (Å²) in [5.74, 6) is 2.98. The summed E-state index contributed by atoms with van der Waals surface area (Å²) in [5.41, 5.74) is 0. The van der Waals surface area contributed by atoms with E-state index in [1.165, 1.54) is 71.1 Å². The Balaban J connectivity index is 1.50. The topological polar surface area (TPSA) is 15.3 Å². The van der Waals surface area contributed by atoms with Crippen molar-refractivity contribution < 1.29 is 0 Å². The fourth-order valence-electron chi connectivity index (χ4n) is 4.09. The Kier molecular flexibility index (Phi) is 4.25. The highest BCUT2D eigenvalue weighted by Crippen LogP contribution is 2.34. The van der Waals surface area contributed by atoms with E-state index in [-0.39, 0.29) is 0 Å². The lowest BCUT2D eigenvalue weighted by atomic mass is 9.82. The zero-order valence-electron chi connectivity index (χ0n) is 12.0. The maximum atomic E-state index is 3.78. The lowest BCUT2D eigenvalue weighted by molar-refractivity contribution is 0.174. The molecule has 1 heterocycles. The summed E-state index contributed by atoms with van der Waals surface area (Å²) in [6.45, 7) is 7.74. The van der Waals surface area contributed by atoms with E-state index in [2.05, 4.69) is 17.1 Å². The molecule has 2 aliphatic carbocycles. The highest BCUT2D eigenvalue weighted by atomic mass is 15.2. The molecule has 3 fully saturated rings. The molecule has 104 valence electrons. The maximum absolute atomic E-state index is 3.78. The molecule has 2 heteroatoms. The van der Waals surface area contributed by atoms with Crippen LogP contribution in [0, 0.1) is 17.8 Å². The molecular formula is C16H30N2.